The Labute approximate surface area is 74.9 Å². The molecular formula is C8H8ClNO2. The molecule has 0 unspecified atom stereocenters. The molecule has 0 aliphatic carbocycles. The largest absolute Gasteiger partial charge is 0.288 e. The van der Waals surface area contributed by atoms with Gasteiger partial charge in [0.05, 0.1) is 10.6 Å². The molecule has 1 aromatic carbocycles. The number of amides is 1. The summed E-state index contributed by atoms with van der Waals surface area (Å²) in [6.07, 6.45) is 0. The van der Waals surface area contributed by atoms with E-state index in [-0.39, 0.29) is 5.56 Å². The Morgan fingerprint density at radius 3 is 2.83 bits per heavy atom. The van der Waals surface area contributed by atoms with Gasteiger partial charge in [-0.15, -0.1) is 0 Å². The zero-order chi connectivity index (χ0) is 9.14. The summed E-state index contributed by atoms with van der Waals surface area (Å²) in [5, 5.41) is 8.71. The average molecular weight is 186 g/mol. The van der Waals surface area contributed by atoms with Gasteiger partial charge in [0.15, 0.2) is 0 Å². The molecule has 12 heavy (non-hydrogen) atoms. The van der Waals surface area contributed by atoms with Crippen LogP contribution in [0.2, 0.25) is 5.02 Å². The summed E-state index contributed by atoms with van der Waals surface area (Å²) in [7, 11) is 0. The van der Waals surface area contributed by atoms with Crippen LogP contribution in [0.1, 0.15) is 15.9 Å². The Bertz CT molecular complexity index is 312. The molecular weight excluding hydrogens is 178 g/mol. The zero-order valence-electron chi connectivity index (χ0n) is 6.47. The second kappa shape index (κ2) is 3.56. The summed E-state index contributed by atoms with van der Waals surface area (Å²) in [5.41, 5.74) is 2.61. The van der Waals surface area contributed by atoms with Gasteiger partial charge in [0.25, 0.3) is 5.91 Å². The van der Waals surface area contributed by atoms with E-state index in [2.05, 4.69) is 0 Å². The zero-order valence-corrected chi connectivity index (χ0v) is 7.22. The molecule has 64 valence electrons. The lowest BCUT2D eigenvalue weighted by Gasteiger charge is -2.03. The molecule has 0 saturated heterocycles. The monoisotopic (exact) mass is 185 g/mol. The van der Waals surface area contributed by atoms with Crippen LogP contribution in [-0.2, 0) is 0 Å². The normalized spacial score (nSPS) is 9.58. The van der Waals surface area contributed by atoms with Gasteiger partial charge >= 0.3 is 0 Å². The molecule has 0 spiro atoms. The van der Waals surface area contributed by atoms with Gasteiger partial charge in [-0.25, -0.2) is 5.48 Å². The molecule has 0 heterocycles. The highest BCUT2D eigenvalue weighted by molar-refractivity contribution is 6.34. The number of carbonyl (C=O) groups excluding carboxylic acids is 1. The summed E-state index contributed by atoms with van der Waals surface area (Å²) in [4.78, 5) is 10.9. The van der Waals surface area contributed by atoms with E-state index in [1.165, 1.54) is 5.48 Å². The molecule has 0 fully saturated rings. The summed E-state index contributed by atoms with van der Waals surface area (Å²) >= 11 is 5.79. The maximum Gasteiger partial charge on any atom is 0.276 e. The van der Waals surface area contributed by atoms with Gasteiger partial charge in [0.2, 0.25) is 0 Å². The molecule has 1 aromatic rings. The molecule has 0 atom stereocenters. The van der Waals surface area contributed by atoms with E-state index in [1.807, 2.05) is 0 Å². The van der Waals surface area contributed by atoms with Crippen molar-refractivity contribution >= 4 is 17.5 Å². The lowest BCUT2D eigenvalue weighted by Crippen LogP contribution is -2.19. The van der Waals surface area contributed by atoms with Crippen LogP contribution < -0.4 is 5.48 Å². The molecule has 4 heteroatoms. The SMILES string of the molecule is Cc1cccc(C(=O)NO)c1Cl. The van der Waals surface area contributed by atoms with Crippen LogP contribution in [-0.4, -0.2) is 11.1 Å². The first-order valence-corrected chi connectivity index (χ1v) is 3.74. The van der Waals surface area contributed by atoms with E-state index in [0.717, 1.165) is 5.56 Å². The number of rotatable bonds is 1. The smallest absolute Gasteiger partial charge is 0.276 e. The molecule has 0 aliphatic heterocycles. The van der Waals surface area contributed by atoms with E-state index in [4.69, 9.17) is 16.8 Å². The van der Waals surface area contributed by atoms with Gasteiger partial charge in [-0.1, -0.05) is 23.7 Å². The minimum Gasteiger partial charge on any atom is -0.288 e. The third-order valence-electron chi connectivity index (χ3n) is 1.54. The molecule has 3 nitrogen and oxygen atoms in total. The fraction of sp³-hybridized carbons (Fsp3) is 0.125. The van der Waals surface area contributed by atoms with E-state index < -0.39 is 5.91 Å². The highest BCUT2D eigenvalue weighted by atomic mass is 35.5. The maximum atomic E-state index is 10.9. The lowest BCUT2D eigenvalue weighted by atomic mass is 10.1. The van der Waals surface area contributed by atoms with Crippen molar-refractivity contribution in [3.05, 3.63) is 34.3 Å². The van der Waals surface area contributed by atoms with Crippen molar-refractivity contribution in [1.29, 1.82) is 0 Å². The van der Waals surface area contributed by atoms with Crippen molar-refractivity contribution in [2.24, 2.45) is 0 Å². The van der Waals surface area contributed by atoms with Crippen molar-refractivity contribution < 1.29 is 10.0 Å². The summed E-state index contributed by atoms with van der Waals surface area (Å²) in [6, 6.07) is 5.03. The predicted molar refractivity (Wildman–Crippen MR) is 45.4 cm³/mol. The number of hydrogen-bond acceptors (Lipinski definition) is 2. The van der Waals surface area contributed by atoms with Crippen molar-refractivity contribution in [2.45, 2.75) is 6.92 Å². The molecule has 1 amide bonds. The van der Waals surface area contributed by atoms with Crippen LogP contribution in [0.25, 0.3) is 0 Å². The van der Waals surface area contributed by atoms with Crippen LogP contribution in [0.3, 0.4) is 0 Å². The second-order valence-electron chi connectivity index (χ2n) is 2.38. The molecule has 2 N–H and O–H groups in total. The number of carbonyl (C=O) groups is 1. The van der Waals surface area contributed by atoms with Gasteiger partial charge in [-0.3, -0.25) is 10.0 Å². The summed E-state index contributed by atoms with van der Waals surface area (Å²) < 4.78 is 0. The van der Waals surface area contributed by atoms with Crippen LogP contribution in [0.4, 0.5) is 0 Å². The van der Waals surface area contributed by atoms with E-state index in [9.17, 15) is 4.79 Å². The maximum absolute atomic E-state index is 10.9. The second-order valence-corrected chi connectivity index (χ2v) is 2.76. The predicted octanol–water partition coefficient (Wildman–Crippen LogP) is 1.77. The first-order valence-electron chi connectivity index (χ1n) is 3.36. The van der Waals surface area contributed by atoms with Crippen molar-refractivity contribution in [1.82, 2.24) is 5.48 Å². The minimum atomic E-state index is -0.594. The molecule has 0 bridgehead atoms. The van der Waals surface area contributed by atoms with Gasteiger partial charge in [-0.2, -0.15) is 0 Å². The average Bonchev–Trinajstić information content (AvgIpc) is 2.08. The van der Waals surface area contributed by atoms with Gasteiger partial charge in [0.1, 0.15) is 0 Å². The first-order chi connectivity index (χ1) is 5.66. The van der Waals surface area contributed by atoms with E-state index in [1.54, 1.807) is 25.1 Å². The summed E-state index contributed by atoms with van der Waals surface area (Å²) in [5.74, 6) is -0.594. The Hall–Kier alpha value is -1.06. The number of aryl methyl sites for hydroxylation is 1. The Morgan fingerprint density at radius 1 is 1.58 bits per heavy atom. The number of hydrogen-bond donors (Lipinski definition) is 2. The van der Waals surface area contributed by atoms with E-state index in [0.29, 0.717) is 5.02 Å². The van der Waals surface area contributed by atoms with Crippen molar-refractivity contribution in [3.8, 4) is 0 Å². The first kappa shape index (κ1) is 9.03. The Kier molecular flexibility index (Phi) is 2.68. The minimum absolute atomic E-state index is 0.277. The van der Waals surface area contributed by atoms with Gasteiger partial charge < -0.3 is 0 Å². The number of nitrogens with one attached hydrogen (secondary N) is 1. The lowest BCUT2D eigenvalue weighted by molar-refractivity contribution is 0.0706. The standard InChI is InChI=1S/C8H8ClNO2/c1-5-3-2-4-6(7(5)9)8(11)10-12/h2-4,12H,1H3,(H,10,11). The number of halogens is 1. The van der Waals surface area contributed by atoms with Crippen LogP contribution in [0, 0.1) is 6.92 Å². The van der Waals surface area contributed by atoms with Crippen molar-refractivity contribution in [3.63, 3.8) is 0 Å². The third-order valence-corrected chi connectivity index (χ3v) is 2.04. The highest BCUT2D eigenvalue weighted by Gasteiger charge is 2.09. The number of benzene rings is 1. The molecule has 0 radical (unpaired) electrons. The quantitative estimate of drug-likeness (QED) is 0.518. The number of hydroxylamine groups is 1. The fourth-order valence-electron chi connectivity index (χ4n) is 0.883. The Morgan fingerprint density at radius 2 is 2.25 bits per heavy atom. The van der Waals surface area contributed by atoms with Crippen LogP contribution in [0.15, 0.2) is 18.2 Å². The molecule has 0 saturated carbocycles. The highest BCUT2D eigenvalue weighted by Crippen LogP contribution is 2.19. The molecule has 1 rings (SSSR count). The topological polar surface area (TPSA) is 49.3 Å². The van der Waals surface area contributed by atoms with Crippen LogP contribution in [0.5, 0.6) is 0 Å². The van der Waals surface area contributed by atoms with Crippen LogP contribution >= 0.6 is 11.6 Å². The van der Waals surface area contributed by atoms with E-state index >= 15 is 0 Å². The third kappa shape index (κ3) is 1.57. The van der Waals surface area contributed by atoms with Crippen molar-refractivity contribution in [2.75, 3.05) is 0 Å². The Balaban J connectivity index is 3.16. The molecule has 0 aliphatic rings. The molecule has 0 aromatic heterocycles. The summed E-state index contributed by atoms with van der Waals surface area (Å²) in [6.45, 7) is 1.79. The van der Waals surface area contributed by atoms with Gasteiger partial charge in [-0.05, 0) is 18.6 Å². The van der Waals surface area contributed by atoms with Gasteiger partial charge in [0, 0.05) is 0 Å². The fourth-order valence-corrected chi connectivity index (χ4v) is 1.09.